The monoisotopic (exact) mass is 349 g/mol. The third-order valence-corrected chi connectivity index (χ3v) is 6.67. The minimum absolute atomic E-state index is 0.0750. The summed E-state index contributed by atoms with van der Waals surface area (Å²) in [6.45, 7) is 0.755. The lowest BCUT2D eigenvalue weighted by molar-refractivity contribution is -0.384. The van der Waals surface area contributed by atoms with Crippen molar-refractivity contribution in [2.45, 2.75) is 17.3 Å². The molecule has 1 aliphatic rings. The van der Waals surface area contributed by atoms with E-state index in [1.807, 2.05) is 0 Å². The van der Waals surface area contributed by atoms with E-state index in [1.165, 1.54) is 10.6 Å². The summed E-state index contributed by atoms with van der Waals surface area (Å²) in [6.07, 6.45) is 1.53. The van der Waals surface area contributed by atoms with Gasteiger partial charge in [-0.25, -0.2) is 8.42 Å². The maximum Gasteiger partial charge on any atom is 0.300 e. The Hall–Kier alpha value is -1.56. The zero-order valence-corrected chi connectivity index (χ0v) is 12.7. The second-order valence-electron chi connectivity index (χ2n) is 4.26. The van der Waals surface area contributed by atoms with Gasteiger partial charge in [-0.3, -0.25) is 10.1 Å². The number of fused-ring (bicyclic) bond motifs is 1. The highest BCUT2D eigenvalue weighted by molar-refractivity contribution is 7.91. The zero-order valence-electron chi connectivity index (χ0n) is 10.3. The van der Waals surface area contributed by atoms with Crippen molar-refractivity contribution < 1.29 is 13.3 Å². The molecular formula is C9H8ClN5O4S2. The summed E-state index contributed by atoms with van der Waals surface area (Å²) in [5.74, 6) is 0.530. The third-order valence-electron chi connectivity index (χ3n) is 3.04. The first kappa shape index (κ1) is 14.4. The Morgan fingerprint density at radius 2 is 2.19 bits per heavy atom. The maximum atomic E-state index is 12.5. The number of sulfonamides is 1. The van der Waals surface area contributed by atoms with Crippen molar-refractivity contribution in [3.8, 4) is 0 Å². The average Bonchev–Trinajstić information content (AvgIpc) is 3.03. The molecular weight excluding hydrogens is 342 g/mol. The van der Waals surface area contributed by atoms with Gasteiger partial charge in [0.2, 0.25) is 0 Å². The molecule has 0 N–H and O–H groups in total. The van der Waals surface area contributed by atoms with E-state index in [2.05, 4.69) is 10.2 Å². The lowest BCUT2D eigenvalue weighted by atomic mass is 10.4. The van der Waals surface area contributed by atoms with Gasteiger partial charge in [-0.1, -0.05) is 11.6 Å². The van der Waals surface area contributed by atoms with E-state index in [9.17, 15) is 18.5 Å². The minimum Gasteiger partial charge on any atom is -0.315 e. The van der Waals surface area contributed by atoms with Gasteiger partial charge in [-0.2, -0.15) is 4.31 Å². The Balaban J connectivity index is 1.95. The van der Waals surface area contributed by atoms with Crippen LogP contribution >= 0.6 is 22.9 Å². The quantitative estimate of drug-likeness (QED) is 0.606. The first-order chi connectivity index (χ1) is 9.89. The third kappa shape index (κ3) is 2.41. The summed E-state index contributed by atoms with van der Waals surface area (Å²) in [6, 6.07) is 0.988. The molecule has 0 fully saturated rings. The highest BCUT2D eigenvalue weighted by Crippen LogP contribution is 2.37. The van der Waals surface area contributed by atoms with Crippen LogP contribution in [0.25, 0.3) is 0 Å². The van der Waals surface area contributed by atoms with E-state index in [4.69, 9.17) is 11.6 Å². The molecule has 2 aromatic heterocycles. The fraction of sp³-hybridized carbons (Fsp3) is 0.333. The Kier molecular flexibility index (Phi) is 3.43. The standard InChI is InChI=1S/C9H8ClN5O4S2/c10-9-6(15(16)17)3-8(20-9)21(18,19)14-2-1-13-5-11-12-7(13)4-14/h3,5H,1-2,4H2. The number of nitro groups is 1. The van der Waals surface area contributed by atoms with Gasteiger partial charge < -0.3 is 4.57 Å². The Bertz CT molecular complexity index is 814. The van der Waals surface area contributed by atoms with Crippen LogP contribution in [0.1, 0.15) is 5.82 Å². The van der Waals surface area contributed by atoms with Gasteiger partial charge in [0.25, 0.3) is 15.7 Å². The molecule has 0 spiro atoms. The molecule has 3 rings (SSSR count). The Morgan fingerprint density at radius 3 is 2.86 bits per heavy atom. The predicted molar refractivity (Wildman–Crippen MR) is 73.6 cm³/mol. The number of hydrogen-bond donors (Lipinski definition) is 0. The van der Waals surface area contributed by atoms with E-state index in [1.54, 1.807) is 4.57 Å². The van der Waals surface area contributed by atoms with E-state index in [-0.39, 0.29) is 21.6 Å². The SMILES string of the molecule is O=[N+]([O-])c1cc(S(=O)(=O)N2CCn3cnnc3C2)sc1Cl. The summed E-state index contributed by atoms with van der Waals surface area (Å²) in [7, 11) is -3.84. The summed E-state index contributed by atoms with van der Waals surface area (Å²) >= 11 is 6.39. The lowest BCUT2D eigenvalue weighted by Crippen LogP contribution is -2.37. The van der Waals surface area contributed by atoms with Crippen molar-refractivity contribution in [1.29, 1.82) is 0 Å². The second kappa shape index (κ2) is 5.02. The van der Waals surface area contributed by atoms with Crippen LogP contribution in [0.3, 0.4) is 0 Å². The van der Waals surface area contributed by atoms with E-state index in [0.717, 1.165) is 6.07 Å². The largest absolute Gasteiger partial charge is 0.315 e. The van der Waals surface area contributed by atoms with Crippen LogP contribution in [0.15, 0.2) is 16.6 Å². The molecule has 9 nitrogen and oxygen atoms in total. The molecule has 0 radical (unpaired) electrons. The number of thiophene rings is 1. The zero-order chi connectivity index (χ0) is 15.2. The number of nitrogens with zero attached hydrogens (tertiary/aromatic N) is 5. The van der Waals surface area contributed by atoms with Crippen LogP contribution in [0.4, 0.5) is 5.69 Å². The molecule has 21 heavy (non-hydrogen) atoms. The molecule has 112 valence electrons. The summed E-state index contributed by atoms with van der Waals surface area (Å²) in [4.78, 5) is 10.1. The number of aromatic nitrogens is 3. The molecule has 0 saturated heterocycles. The molecule has 0 aromatic carbocycles. The molecule has 0 aliphatic carbocycles. The van der Waals surface area contributed by atoms with Crippen LogP contribution in [-0.4, -0.2) is 39.0 Å². The summed E-state index contributed by atoms with van der Waals surface area (Å²) in [5.41, 5.74) is -0.402. The highest BCUT2D eigenvalue weighted by Gasteiger charge is 2.33. The van der Waals surface area contributed by atoms with Gasteiger partial charge in [0.1, 0.15) is 16.4 Å². The molecule has 1 aliphatic heterocycles. The normalized spacial score (nSPS) is 15.9. The Morgan fingerprint density at radius 1 is 1.43 bits per heavy atom. The average molecular weight is 350 g/mol. The lowest BCUT2D eigenvalue weighted by Gasteiger charge is -2.25. The van der Waals surface area contributed by atoms with Crippen molar-refractivity contribution >= 4 is 38.6 Å². The first-order valence-corrected chi connectivity index (χ1v) is 8.33. The maximum absolute atomic E-state index is 12.5. The molecule has 0 saturated carbocycles. The van der Waals surface area contributed by atoms with Crippen LogP contribution < -0.4 is 0 Å². The van der Waals surface area contributed by atoms with E-state index in [0.29, 0.717) is 23.7 Å². The number of hydrogen-bond acceptors (Lipinski definition) is 7. The minimum atomic E-state index is -3.84. The molecule has 0 amide bonds. The van der Waals surface area contributed by atoms with Gasteiger partial charge in [0, 0.05) is 19.2 Å². The predicted octanol–water partition coefficient (Wildman–Crippen LogP) is 1.11. The smallest absolute Gasteiger partial charge is 0.300 e. The fourth-order valence-corrected chi connectivity index (χ4v) is 5.17. The van der Waals surface area contributed by atoms with Crippen LogP contribution in [0.2, 0.25) is 4.34 Å². The summed E-state index contributed by atoms with van der Waals surface area (Å²) < 4.78 is 27.7. The Labute approximate surface area is 128 Å². The van der Waals surface area contributed by atoms with Gasteiger partial charge in [0.05, 0.1) is 11.5 Å². The molecule has 0 unspecified atom stereocenters. The second-order valence-corrected chi connectivity index (χ2v) is 8.08. The van der Waals surface area contributed by atoms with Crippen LogP contribution in [-0.2, 0) is 23.1 Å². The van der Waals surface area contributed by atoms with Gasteiger partial charge in [-0.05, 0) is 0 Å². The van der Waals surface area contributed by atoms with Crippen molar-refractivity contribution in [2.75, 3.05) is 6.54 Å². The van der Waals surface area contributed by atoms with E-state index < -0.39 is 20.6 Å². The topological polar surface area (TPSA) is 111 Å². The van der Waals surface area contributed by atoms with Gasteiger partial charge >= 0.3 is 0 Å². The van der Waals surface area contributed by atoms with Crippen molar-refractivity contribution in [3.05, 3.63) is 32.7 Å². The van der Waals surface area contributed by atoms with Crippen LogP contribution in [0, 0.1) is 10.1 Å². The van der Waals surface area contributed by atoms with E-state index >= 15 is 0 Å². The highest BCUT2D eigenvalue weighted by atomic mass is 35.5. The van der Waals surface area contributed by atoms with Crippen molar-refractivity contribution in [3.63, 3.8) is 0 Å². The number of halogens is 1. The first-order valence-electron chi connectivity index (χ1n) is 5.70. The molecule has 0 atom stereocenters. The van der Waals surface area contributed by atoms with Crippen LogP contribution in [0.5, 0.6) is 0 Å². The fourth-order valence-electron chi connectivity index (χ4n) is 1.97. The molecule has 2 aromatic rings. The van der Waals surface area contributed by atoms with Gasteiger partial charge in [-0.15, -0.1) is 21.5 Å². The molecule has 3 heterocycles. The van der Waals surface area contributed by atoms with Gasteiger partial charge in [0.15, 0.2) is 4.34 Å². The van der Waals surface area contributed by atoms with Crippen molar-refractivity contribution in [2.24, 2.45) is 0 Å². The number of rotatable bonds is 3. The van der Waals surface area contributed by atoms with Crippen molar-refractivity contribution in [1.82, 2.24) is 19.1 Å². The summed E-state index contributed by atoms with van der Waals surface area (Å²) in [5, 5.41) is 18.3. The molecule has 12 heteroatoms. The molecule has 0 bridgehead atoms.